The molecule has 8 aromatic heterocycles. The van der Waals surface area contributed by atoms with Gasteiger partial charge in [0.25, 0.3) is 0 Å². The molecule has 8 aromatic rings. The number of nitrogens with zero attached hydrogens (tertiary/aromatic N) is 10. The zero-order valence-corrected chi connectivity index (χ0v) is 47.0. The van der Waals surface area contributed by atoms with Gasteiger partial charge in [0.05, 0.1) is 51.0 Å². The van der Waals surface area contributed by atoms with Crippen LogP contribution in [0.5, 0.6) is 0 Å². The number of carbonyl (C=O) groups excluding carboxylic acids is 2. The third kappa shape index (κ3) is 8.36. The average molecular weight is 1060 g/mol. The molecule has 4 saturated heterocycles. The van der Waals surface area contributed by atoms with Crippen LogP contribution >= 0.6 is 22.7 Å². The van der Waals surface area contributed by atoms with E-state index in [1.54, 1.807) is 6.33 Å². The van der Waals surface area contributed by atoms with Gasteiger partial charge in [-0.1, -0.05) is 27.7 Å². The maximum atomic E-state index is 14.3. The molecule has 0 unspecified atom stereocenters. The van der Waals surface area contributed by atoms with Crippen molar-refractivity contribution in [1.29, 1.82) is 0 Å². The summed E-state index contributed by atoms with van der Waals surface area (Å²) in [6, 6.07) is 9.26. The predicted molar refractivity (Wildman–Crippen MR) is 304 cm³/mol. The molecular formula is C60H74N12O2S2. The molecule has 398 valence electrons. The van der Waals surface area contributed by atoms with Crippen molar-refractivity contribution in [3.05, 3.63) is 80.8 Å². The van der Waals surface area contributed by atoms with Gasteiger partial charge in [-0.25, -0.2) is 19.0 Å². The molecule has 2 saturated carbocycles. The largest absolute Gasteiger partial charge is 0.354 e. The molecule has 2 N–H and O–H groups in total. The molecule has 2 amide bonds. The number of aromatic nitrogens is 8. The molecule has 16 heteroatoms. The minimum absolute atomic E-state index is 0.114. The molecular weight excluding hydrogens is 985 g/mol. The van der Waals surface area contributed by atoms with E-state index in [1.807, 2.05) is 31.7 Å². The van der Waals surface area contributed by atoms with Crippen LogP contribution < -0.4 is 0 Å². The fraction of sp³-hybridized carbons (Fsp3) is 0.567. The van der Waals surface area contributed by atoms with Gasteiger partial charge in [-0.15, -0.1) is 27.8 Å². The fourth-order valence-corrected chi connectivity index (χ4v) is 18.0. The van der Waals surface area contributed by atoms with Gasteiger partial charge in [-0.3, -0.25) is 19.4 Å². The third-order valence-electron chi connectivity index (χ3n) is 19.2. The average Bonchev–Trinajstić information content (AvgIpc) is 4.31. The Balaban J connectivity index is 0.602. The van der Waals surface area contributed by atoms with Crippen LogP contribution in [0.1, 0.15) is 166 Å². The number of thiophene rings is 2. The van der Waals surface area contributed by atoms with Crippen LogP contribution in [-0.2, 0) is 16.1 Å². The molecule has 2 spiro atoms. The van der Waals surface area contributed by atoms with Gasteiger partial charge in [0.15, 0.2) is 17.1 Å². The molecule has 0 bridgehead atoms. The quantitative estimate of drug-likeness (QED) is 0.131. The molecule has 12 heterocycles. The predicted octanol–water partition coefficient (Wildman–Crippen LogP) is 11.8. The first-order valence-corrected chi connectivity index (χ1v) is 30.4. The Hall–Kier alpha value is -5.42. The molecule has 6 aliphatic rings. The maximum absolute atomic E-state index is 14.3. The summed E-state index contributed by atoms with van der Waals surface area (Å²) in [6.45, 7) is 21.4. The van der Waals surface area contributed by atoms with Crippen molar-refractivity contribution in [2.75, 3.05) is 52.4 Å². The van der Waals surface area contributed by atoms with E-state index in [4.69, 9.17) is 10.1 Å². The standard InChI is InChI=1S/C60H74N12O2S2/c1-35(2)50-52(41-22-37(5)56-61-34-62-71(56)26-41)63-43-24-47(75-54(43)50)40-13-17-60(18-14-40)32-70(33-60)58(74)45-10-9-21-68(45)28-48-65-57-38(6)23-42(27-72(57)66-48)53-51(36(3)4)55-44(64-53)25-46(76-55)39-11-15-59(16-12-39)30-69(31-59)49(73)29-67-19-7-8-20-67/h22-27,34-36,39-40,45,63-64H,7-21,28-33H2,1-6H3/t45-/m1/s1. The number of hydrogen-bond acceptors (Lipinski definition) is 10. The highest BCUT2D eigenvalue weighted by atomic mass is 32.1. The Morgan fingerprint density at radius 2 is 1.24 bits per heavy atom. The molecule has 14 rings (SSSR count). The van der Waals surface area contributed by atoms with E-state index < -0.39 is 0 Å². The lowest BCUT2D eigenvalue weighted by Gasteiger charge is -2.54. The molecule has 1 atom stereocenters. The molecule has 76 heavy (non-hydrogen) atoms. The van der Waals surface area contributed by atoms with Crippen molar-refractivity contribution in [2.24, 2.45) is 10.8 Å². The highest BCUT2D eigenvalue weighted by Crippen LogP contribution is 2.53. The van der Waals surface area contributed by atoms with Gasteiger partial charge in [-0.2, -0.15) is 5.10 Å². The number of nitrogens with one attached hydrogen (secondary N) is 2. The van der Waals surface area contributed by atoms with Crippen LogP contribution in [0.3, 0.4) is 0 Å². The summed E-state index contributed by atoms with van der Waals surface area (Å²) in [5.74, 6) is 3.30. The van der Waals surface area contributed by atoms with E-state index in [9.17, 15) is 9.59 Å². The lowest BCUT2D eigenvalue weighted by atomic mass is 9.65. The van der Waals surface area contributed by atoms with Crippen molar-refractivity contribution in [1.82, 2.24) is 58.8 Å². The number of fused-ring (bicyclic) bond motifs is 4. The summed E-state index contributed by atoms with van der Waals surface area (Å²) in [5.41, 5.74) is 14.5. The molecule has 0 radical (unpaired) electrons. The first kappa shape index (κ1) is 48.9. The Morgan fingerprint density at radius 3 is 1.82 bits per heavy atom. The first-order valence-electron chi connectivity index (χ1n) is 28.8. The lowest BCUT2D eigenvalue weighted by molar-refractivity contribution is -0.151. The van der Waals surface area contributed by atoms with Crippen molar-refractivity contribution in [3.63, 3.8) is 0 Å². The number of rotatable bonds is 11. The van der Waals surface area contributed by atoms with Crippen molar-refractivity contribution in [3.8, 4) is 22.5 Å². The summed E-state index contributed by atoms with van der Waals surface area (Å²) < 4.78 is 6.63. The maximum Gasteiger partial charge on any atom is 0.239 e. The van der Waals surface area contributed by atoms with Crippen LogP contribution in [0, 0.1) is 24.7 Å². The molecule has 2 aliphatic carbocycles. The number of carbonyl (C=O) groups is 2. The SMILES string of the molecule is Cc1cc(-c2[nH]c3cc(C4CCC5(CC4)CN(C(=O)[C@H]4CCCN4Cc4nc6c(C)cc(-c7[nH]c8cc(C9CCC%10(CC9)CN(C(=O)CN9CCCC9)C%10)sc8c7C(C)C)cn6n4)C5)sc3c2C(C)C)cn2ncnc12. The van der Waals surface area contributed by atoms with Crippen LogP contribution in [0.4, 0.5) is 0 Å². The second-order valence-corrected chi connectivity index (χ2v) is 27.3. The molecule has 14 nitrogen and oxygen atoms in total. The second kappa shape index (κ2) is 18.6. The summed E-state index contributed by atoms with van der Waals surface area (Å²) in [5, 5.41) is 9.54. The van der Waals surface area contributed by atoms with E-state index in [-0.39, 0.29) is 11.5 Å². The van der Waals surface area contributed by atoms with Crippen LogP contribution in [0.15, 0.2) is 43.0 Å². The Morgan fingerprint density at radius 1 is 0.684 bits per heavy atom. The Bertz CT molecular complexity index is 3530. The van der Waals surface area contributed by atoms with Gasteiger partial charge in [-0.05, 0) is 181 Å². The zero-order valence-electron chi connectivity index (χ0n) is 45.4. The number of pyridine rings is 2. The summed E-state index contributed by atoms with van der Waals surface area (Å²) in [7, 11) is 0. The Labute approximate surface area is 453 Å². The number of aryl methyl sites for hydroxylation is 2. The lowest BCUT2D eigenvalue weighted by Crippen LogP contribution is -2.62. The van der Waals surface area contributed by atoms with E-state index >= 15 is 0 Å². The van der Waals surface area contributed by atoms with Crippen LogP contribution in [0.2, 0.25) is 0 Å². The minimum Gasteiger partial charge on any atom is -0.354 e. The third-order valence-corrected chi connectivity index (χ3v) is 21.9. The van der Waals surface area contributed by atoms with E-state index in [0.29, 0.717) is 54.0 Å². The van der Waals surface area contributed by atoms with Gasteiger partial charge in [0, 0.05) is 70.3 Å². The summed E-state index contributed by atoms with van der Waals surface area (Å²) in [6.07, 6.45) is 19.8. The Kier molecular flexibility index (Phi) is 12.0. The van der Waals surface area contributed by atoms with Gasteiger partial charge in [0.1, 0.15) is 6.33 Å². The minimum atomic E-state index is -0.114. The summed E-state index contributed by atoms with van der Waals surface area (Å²) >= 11 is 3.98. The summed E-state index contributed by atoms with van der Waals surface area (Å²) in [4.78, 5) is 56.5. The number of likely N-dealkylation sites (tertiary alicyclic amines) is 4. The highest BCUT2D eigenvalue weighted by Gasteiger charge is 2.50. The molecule has 0 aromatic carbocycles. The smallest absolute Gasteiger partial charge is 0.239 e. The highest BCUT2D eigenvalue weighted by molar-refractivity contribution is 7.19. The number of H-pyrrole nitrogens is 2. The monoisotopic (exact) mass is 1060 g/mol. The topological polar surface area (TPSA) is 139 Å². The van der Waals surface area contributed by atoms with Gasteiger partial charge in [0.2, 0.25) is 11.8 Å². The zero-order chi connectivity index (χ0) is 51.8. The number of hydrogen-bond donors (Lipinski definition) is 2. The second-order valence-electron chi connectivity index (χ2n) is 25.2. The van der Waals surface area contributed by atoms with E-state index in [1.165, 1.54) is 117 Å². The molecule has 4 aliphatic heterocycles. The normalized spacial score (nSPS) is 22.3. The van der Waals surface area contributed by atoms with Crippen molar-refractivity contribution < 1.29 is 9.59 Å². The fourth-order valence-electron chi connectivity index (χ4n) is 15.1. The van der Waals surface area contributed by atoms with Crippen molar-refractivity contribution in [2.45, 2.75) is 155 Å². The first-order chi connectivity index (χ1) is 36.8. The van der Waals surface area contributed by atoms with Crippen LogP contribution in [-0.4, -0.2) is 129 Å². The number of amides is 2. The van der Waals surface area contributed by atoms with Gasteiger partial charge >= 0.3 is 0 Å². The van der Waals surface area contributed by atoms with E-state index in [0.717, 1.165) is 98.0 Å². The number of aromatic amines is 2. The van der Waals surface area contributed by atoms with Crippen molar-refractivity contribution >= 4 is 66.2 Å². The van der Waals surface area contributed by atoms with Gasteiger partial charge < -0.3 is 19.8 Å². The van der Waals surface area contributed by atoms with Crippen LogP contribution in [0.25, 0.3) is 54.2 Å². The molecule has 6 fully saturated rings. The van der Waals surface area contributed by atoms with E-state index in [2.05, 4.69) is 118 Å².